The lowest BCUT2D eigenvalue weighted by atomic mass is 9.77. The first-order valence-corrected chi connectivity index (χ1v) is 7.02. The van der Waals surface area contributed by atoms with Gasteiger partial charge >= 0.3 is 5.69 Å². The van der Waals surface area contributed by atoms with E-state index >= 15 is 0 Å². The van der Waals surface area contributed by atoms with Gasteiger partial charge in [0.1, 0.15) is 0 Å². The summed E-state index contributed by atoms with van der Waals surface area (Å²) in [6.07, 6.45) is 2.60. The molecular weight excluding hydrogens is 304 g/mol. The SMILES string of the molecule is COc1cc(-c2nc(C3(N)CCC3)no2)cc([N+](=O)[O-])c1OC. The van der Waals surface area contributed by atoms with Gasteiger partial charge in [-0.1, -0.05) is 5.16 Å². The van der Waals surface area contributed by atoms with Crippen molar-refractivity contribution in [2.75, 3.05) is 14.2 Å². The van der Waals surface area contributed by atoms with Crippen molar-refractivity contribution in [3.8, 4) is 23.0 Å². The number of hydrogen-bond donors (Lipinski definition) is 1. The molecule has 1 aliphatic carbocycles. The van der Waals surface area contributed by atoms with E-state index in [1.807, 2.05) is 0 Å². The summed E-state index contributed by atoms with van der Waals surface area (Å²) < 4.78 is 15.4. The average Bonchev–Trinajstić information content (AvgIpc) is 3.01. The van der Waals surface area contributed by atoms with Gasteiger partial charge in [0.05, 0.1) is 30.2 Å². The first kappa shape index (κ1) is 15.2. The van der Waals surface area contributed by atoms with Crippen molar-refractivity contribution < 1.29 is 18.9 Å². The molecule has 23 heavy (non-hydrogen) atoms. The van der Waals surface area contributed by atoms with Crippen LogP contribution in [0.15, 0.2) is 16.7 Å². The normalized spacial score (nSPS) is 15.8. The predicted molar refractivity (Wildman–Crippen MR) is 79.2 cm³/mol. The quantitative estimate of drug-likeness (QED) is 0.654. The largest absolute Gasteiger partial charge is 0.493 e. The zero-order valence-electron chi connectivity index (χ0n) is 12.7. The lowest BCUT2D eigenvalue weighted by Crippen LogP contribution is -2.44. The molecule has 9 heteroatoms. The van der Waals surface area contributed by atoms with Crippen molar-refractivity contribution in [2.45, 2.75) is 24.8 Å². The van der Waals surface area contributed by atoms with Crippen molar-refractivity contribution in [1.82, 2.24) is 10.1 Å². The van der Waals surface area contributed by atoms with Crippen molar-refractivity contribution >= 4 is 5.69 Å². The highest BCUT2D eigenvalue weighted by Gasteiger charge is 2.39. The van der Waals surface area contributed by atoms with E-state index < -0.39 is 10.5 Å². The Kier molecular flexibility index (Phi) is 3.64. The van der Waals surface area contributed by atoms with Gasteiger partial charge in [0.15, 0.2) is 11.6 Å². The third-order valence-electron chi connectivity index (χ3n) is 4.02. The number of nitrogens with zero attached hydrogens (tertiary/aromatic N) is 3. The second-order valence-electron chi connectivity index (χ2n) is 5.42. The van der Waals surface area contributed by atoms with Crippen LogP contribution in [0, 0.1) is 10.1 Å². The standard InChI is InChI=1S/C14H16N4O5/c1-21-10-7-8(6-9(18(19)20)11(10)22-2)12-16-13(17-23-12)14(15)4-3-5-14/h6-7H,3-5,15H2,1-2H3. The molecule has 122 valence electrons. The Balaban J connectivity index is 2.06. The van der Waals surface area contributed by atoms with Gasteiger partial charge in [-0.25, -0.2) is 0 Å². The Morgan fingerprint density at radius 3 is 2.61 bits per heavy atom. The van der Waals surface area contributed by atoms with E-state index in [2.05, 4.69) is 10.1 Å². The molecule has 1 aliphatic rings. The first-order valence-electron chi connectivity index (χ1n) is 7.02. The van der Waals surface area contributed by atoms with E-state index in [0.717, 1.165) is 19.3 Å². The molecule has 1 aromatic heterocycles. The number of nitro groups is 1. The summed E-state index contributed by atoms with van der Waals surface area (Å²) in [6.45, 7) is 0. The van der Waals surface area contributed by atoms with E-state index in [-0.39, 0.29) is 23.1 Å². The number of hydrogen-bond acceptors (Lipinski definition) is 8. The number of methoxy groups -OCH3 is 2. The Hall–Kier alpha value is -2.68. The van der Waals surface area contributed by atoms with Gasteiger partial charge in [-0.3, -0.25) is 10.1 Å². The molecule has 1 saturated carbocycles. The second kappa shape index (κ2) is 5.51. The van der Waals surface area contributed by atoms with Crippen molar-refractivity contribution in [3.05, 3.63) is 28.1 Å². The van der Waals surface area contributed by atoms with Crippen LogP contribution in [-0.4, -0.2) is 29.3 Å². The molecule has 0 saturated heterocycles. The molecule has 3 rings (SSSR count). The van der Waals surface area contributed by atoms with Gasteiger partial charge in [0.25, 0.3) is 5.89 Å². The average molecular weight is 320 g/mol. The fraction of sp³-hybridized carbons (Fsp3) is 0.429. The fourth-order valence-electron chi connectivity index (χ4n) is 2.53. The maximum Gasteiger partial charge on any atom is 0.315 e. The topological polar surface area (TPSA) is 127 Å². The summed E-state index contributed by atoms with van der Waals surface area (Å²) in [4.78, 5) is 15.0. The number of rotatable bonds is 5. The molecular formula is C14H16N4O5. The van der Waals surface area contributed by atoms with E-state index in [1.54, 1.807) is 6.07 Å². The number of aromatic nitrogens is 2. The Morgan fingerprint density at radius 2 is 2.09 bits per heavy atom. The van der Waals surface area contributed by atoms with Crippen LogP contribution >= 0.6 is 0 Å². The molecule has 1 heterocycles. The molecule has 0 aliphatic heterocycles. The number of ether oxygens (including phenoxy) is 2. The Labute approximate surface area is 131 Å². The third kappa shape index (κ3) is 2.48. The first-order chi connectivity index (χ1) is 11.0. The number of nitro benzene ring substituents is 1. The summed E-state index contributed by atoms with van der Waals surface area (Å²) in [5.74, 6) is 0.815. The maximum atomic E-state index is 11.2. The molecule has 0 spiro atoms. The monoisotopic (exact) mass is 320 g/mol. The predicted octanol–water partition coefficient (Wildman–Crippen LogP) is 2.00. The highest BCUT2D eigenvalue weighted by Crippen LogP contribution is 2.42. The van der Waals surface area contributed by atoms with E-state index in [4.69, 9.17) is 19.7 Å². The Bertz CT molecular complexity index is 754. The molecule has 0 unspecified atom stereocenters. The molecule has 0 bridgehead atoms. The third-order valence-corrected chi connectivity index (χ3v) is 4.02. The minimum absolute atomic E-state index is 0.0373. The van der Waals surface area contributed by atoms with Crippen LogP contribution in [0.1, 0.15) is 25.1 Å². The smallest absolute Gasteiger partial charge is 0.315 e. The Morgan fingerprint density at radius 1 is 1.35 bits per heavy atom. The molecule has 1 fully saturated rings. The van der Waals surface area contributed by atoms with E-state index in [9.17, 15) is 10.1 Å². The zero-order valence-corrected chi connectivity index (χ0v) is 12.7. The minimum Gasteiger partial charge on any atom is -0.493 e. The van der Waals surface area contributed by atoms with Gasteiger partial charge in [-0.15, -0.1) is 0 Å². The zero-order chi connectivity index (χ0) is 16.6. The molecule has 9 nitrogen and oxygen atoms in total. The van der Waals surface area contributed by atoms with Gasteiger partial charge in [0.2, 0.25) is 5.75 Å². The molecule has 2 N–H and O–H groups in total. The highest BCUT2D eigenvalue weighted by molar-refractivity contribution is 5.68. The summed E-state index contributed by atoms with van der Waals surface area (Å²) in [5.41, 5.74) is 5.72. The van der Waals surface area contributed by atoms with Crippen LogP contribution in [0.3, 0.4) is 0 Å². The molecule has 2 aromatic rings. The van der Waals surface area contributed by atoms with Crippen LogP contribution in [0.2, 0.25) is 0 Å². The lowest BCUT2D eigenvalue weighted by Gasteiger charge is -2.34. The van der Waals surface area contributed by atoms with Crippen LogP contribution in [0.5, 0.6) is 11.5 Å². The van der Waals surface area contributed by atoms with Gasteiger partial charge in [0, 0.05) is 6.07 Å². The lowest BCUT2D eigenvalue weighted by molar-refractivity contribution is -0.385. The van der Waals surface area contributed by atoms with Crippen LogP contribution in [-0.2, 0) is 5.54 Å². The van der Waals surface area contributed by atoms with E-state index in [1.165, 1.54) is 20.3 Å². The fourth-order valence-corrected chi connectivity index (χ4v) is 2.53. The molecule has 0 radical (unpaired) electrons. The van der Waals surface area contributed by atoms with Gasteiger partial charge in [-0.05, 0) is 25.3 Å². The highest BCUT2D eigenvalue weighted by atomic mass is 16.6. The summed E-state index contributed by atoms with van der Waals surface area (Å²) in [6, 6.07) is 2.86. The number of benzene rings is 1. The van der Waals surface area contributed by atoms with Crippen molar-refractivity contribution in [2.24, 2.45) is 5.73 Å². The van der Waals surface area contributed by atoms with Crippen LogP contribution < -0.4 is 15.2 Å². The molecule has 0 atom stereocenters. The summed E-state index contributed by atoms with van der Waals surface area (Å²) in [5, 5.41) is 15.1. The van der Waals surface area contributed by atoms with Crippen molar-refractivity contribution in [1.29, 1.82) is 0 Å². The second-order valence-corrected chi connectivity index (χ2v) is 5.42. The van der Waals surface area contributed by atoms with Crippen molar-refractivity contribution in [3.63, 3.8) is 0 Å². The minimum atomic E-state index is -0.565. The van der Waals surface area contributed by atoms with Gasteiger partial charge in [-0.2, -0.15) is 4.98 Å². The summed E-state index contributed by atoms with van der Waals surface area (Å²) in [7, 11) is 2.73. The van der Waals surface area contributed by atoms with Crippen LogP contribution in [0.25, 0.3) is 11.5 Å². The van der Waals surface area contributed by atoms with Crippen LogP contribution in [0.4, 0.5) is 5.69 Å². The molecule has 1 aromatic carbocycles. The van der Waals surface area contributed by atoms with Gasteiger partial charge < -0.3 is 19.7 Å². The van der Waals surface area contributed by atoms with E-state index in [0.29, 0.717) is 11.4 Å². The summed E-state index contributed by atoms with van der Waals surface area (Å²) >= 11 is 0. The maximum absolute atomic E-state index is 11.2. The molecule has 0 amide bonds. The number of nitrogens with two attached hydrogens (primary N) is 1.